The van der Waals surface area contributed by atoms with Crippen molar-refractivity contribution >= 4 is 23.1 Å². The summed E-state index contributed by atoms with van der Waals surface area (Å²) in [6.07, 6.45) is 1.58. The van der Waals surface area contributed by atoms with Crippen LogP contribution in [0.1, 0.15) is 15.9 Å². The van der Waals surface area contributed by atoms with Crippen LogP contribution in [0.4, 0.5) is 0 Å². The number of nitrogens with one attached hydrogen (secondary N) is 1. The lowest BCUT2D eigenvalue weighted by Crippen LogP contribution is -2.29. The molecule has 108 valence electrons. The molecule has 0 saturated carbocycles. The SMILES string of the molecule is CN(C)NC(=CC(=O)c1cccc(Cl)c1)c1ccccc1. The normalized spacial score (nSPS) is 11.5. The molecule has 0 heterocycles. The zero-order valence-electron chi connectivity index (χ0n) is 12.0. The van der Waals surface area contributed by atoms with Gasteiger partial charge in [-0.15, -0.1) is 0 Å². The fourth-order valence-corrected chi connectivity index (χ4v) is 2.09. The van der Waals surface area contributed by atoms with Gasteiger partial charge in [0.15, 0.2) is 5.78 Å². The average molecular weight is 301 g/mol. The van der Waals surface area contributed by atoms with Crippen molar-refractivity contribution < 1.29 is 4.79 Å². The van der Waals surface area contributed by atoms with E-state index in [0.29, 0.717) is 10.6 Å². The number of hydrogen-bond donors (Lipinski definition) is 1. The Morgan fingerprint density at radius 3 is 2.33 bits per heavy atom. The maximum atomic E-state index is 12.4. The second-order valence-electron chi connectivity index (χ2n) is 4.80. The Kier molecular flexibility index (Phi) is 5.14. The molecule has 0 fully saturated rings. The fourth-order valence-electron chi connectivity index (χ4n) is 1.89. The van der Waals surface area contributed by atoms with E-state index in [1.54, 1.807) is 35.4 Å². The standard InChI is InChI=1S/C17H17ClN2O/c1-20(2)19-16(13-7-4-3-5-8-13)12-17(21)14-9-6-10-15(18)11-14/h3-12,19H,1-2H3. The molecule has 0 unspecified atom stereocenters. The summed E-state index contributed by atoms with van der Waals surface area (Å²) >= 11 is 5.93. The van der Waals surface area contributed by atoms with E-state index in [-0.39, 0.29) is 5.78 Å². The number of ketones is 1. The van der Waals surface area contributed by atoms with Crippen molar-refractivity contribution in [1.29, 1.82) is 0 Å². The molecular weight excluding hydrogens is 284 g/mol. The summed E-state index contributed by atoms with van der Waals surface area (Å²) in [5.74, 6) is -0.0919. The van der Waals surface area contributed by atoms with Gasteiger partial charge in [0.2, 0.25) is 0 Å². The lowest BCUT2D eigenvalue weighted by Gasteiger charge is -2.17. The van der Waals surface area contributed by atoms with Crippen molar-refractivity contribution in [3.8, 4) is 0 Å². The Bertz CT molecular complexity index is 651. The van der Waals surface area contributed by atoms with E-state index >= 15 is 0 Å². The summed E-state index contributed by atoms with van der Waals surface area (Å²) in [5.41, 5.74) is 5.41. The number of carbonyl (C=O) groups excluding carboxylic acids is 1. The van der Waals surface area contributed by atoms with Gasteiger partial charge >= 0.3 is 0 Å². The average Bonchev–Trinajstić information content (AvgIpc) is 2.47. The van der Waals surface area contributed by atoms with Gasteiger partial charge in [0.05, 0.1) is 5.70 Å². The largest absolute Gasteiger partial charge is 0.319 e. The molecule has 0 aliphatic rings. The van der Waals surface area contributed by atoms with Crippen molar-refractivity contribution in [2.75, 3.05) is 14.1 Å². The molecule has 3 nitrogen and oxygen atoms in total. The van der Waals surface area contributed by atoms with Gasteiger partial charge < -0.3 is 5.43 Å². The van der Waals surface area contributed by atoms with Gasteiger partial charge in [-0.05, 0) is 17.7 Å². The van der Waals surface area contributed by atoms with Crippen molar-refractivity contribution in [2.24, 2.45) is 0 Å². The van der Waals surface area contributed by atoms with E-state index in [9.17, 15) is 4.79 Å². The molecule has 0 amide bonds. The van der Waals surface area contributed by atoms with Gasteiger partial charge in [-0.2, -0.15) is 0 Å². The lowest BCUT2D eigenvalue weighted by atomic mass is 10.1. The number of nitrogens with zero attached hydrogens (tertiary/aromatic N) is 1. The van der Waals surface area contributed by atoms with Gasteiger partial charge in [-0.3, -0.25) is 4.79 Å². The van der Waals surface area contributed by atoms with E-state index in [1.807, 2.05) is 44.4 Å². The van der Waals surface area contributed by atoms with Gasteiger partial charge in [0.25, 0.3) is 0 Å². The van der Waals surface area contributed by atoms with Crippen molar-refractivity contribution in [2.45, 2.75) is 0 Å². The number of hydrogen-bond acceptors (Lipinski definition) is 3. The monoisotopic (exact) mass is 300 g/mol. The Hall–Kier alpha value is -2.10. The molecule has 0 saturated heterocycles. The first-order chi connectivity index (χ1) is 10.1. The summed E-state index contributed by atoms with van der Waals surface area (Å²) in [5, 5.41) is 2.35. The molecule has 2 aromatic rings. The Balaban J connectivity index is 2.34. The highest BCUT2D eigenvalue weighted by molar-refractivity contribution is 6.31. The lowest BCUT2D eigenvalue weighted by molar-refractivity contribution is 0.104. The molecule has 0 aromatic heterocycles. The molecule has 21 heavy (non-hydrogen) atoms. The molecule has 2 rings (SSSR count). The minimum Gasteiger partial charge on any atom is -0.319 e. The highest BCUT2D eigenvalue weighted by Gasteiger charge is 2.08. The van der Waals surface area contributed by atoms with Crippen LogP contribution in [0.15, 0.2) is 60.7 Å². The van der Waals surface area contributed by atoms with Gasteiger partial charge in [0.1, 0.15) is 0 Å². The number of allylic oxidation sites excluding steroid dienone is 1. The molecule has 0 atom stereocenters. The second kappa shape index (κ2) is 7.07. The third kappa shape index (κ3) is 4.45. The molecule has 0 radical (unpaired) electrons. The zero-order chi connectivity index (χ0) is 15.2. The number of benzene rings is 2. The number of rotatable bonds is 5. The van der Waals surface area contributed by atoms with Crippen LogP contribution >= 0.6 is 11.6 Å². The van der Waals surface area contributed by atoms with Gasteiger partial charge in [-0.25, -0.2) is 5.01 Å². The molecule has 0 bridgehead atoms. The molecule has 4 heteroatoms. The molecule has 0 aliphatic carbocycles. The van der Waals surface area contributed by atoms with E-state index in [0.717, 1.165) is 11.3 Å². The van der Waals surface area contributed by atoms with Gasteiger partial charge in [0, 0.05) is 30.8 Å². The van der Waals surface area contributed by atoms with E-state index in [1.165, 1.54) is 0 Å². The number of halogens is 1. The van der Waals surface area contributed by atoms with Crippen molar-refractivity contribution in [3.63, 3.8) is 0 Å². The summed E-state index contributed by atoms with van der Waals surface area (Å²) in [4.78, 5) is 12.4. The topological polar surface area (TPSA) is 32.3 Å². The Labute approximate surface area is 129 Å². The first-order valence-electron chi connectivity index (χ1n) is 6.57. The fraction of sp³-hybridized carbons (Fsp3) is 0.118. The van der Waals surface area contributed by atoms with Crippen LogP contribution in [0, 0.1) is 0 Å². The first kappa shape index (κ1) is 15.3. The first-order valence-corrected chi connectivity index (χ1v) is 6.95. The van der Waals surface area contributed by atoms with Crippen LogP contribution in [0.5, 0.6) is 0 Å². The Morgan fingerprint density at radius 2 is 1.71 bits per heavy atom. The van der Waals surface area contributed by atoms with Crippen LogP contribution in [-0.4, -0.2) is 24.9 Å². The number of hydrazine groups is 1. The number of carbonyl (C=O) groups is 1. The summed E-state index contributed by atoms with van der Waals surface area (Å²) < 4.78 is 0. The molecule has 0 spiro atoms. The van der Waals surface area contributed by atoms with Gasteiger partial charge in [-0.1, -0.05) is 54.1 Å². The van der Waals surface area contributed by atoms with E-state index < -0.39 is 0 Å². The summed E-state index contributed by atoms with van der Waals surface area (Å²) in [6, 6.07) is 16.6. The van der Waals surface area contributed by atoms with Crippen LogP contribution in [0.2, 0.25) is 5.02 Å². The van der Waals surface area contributed by atoms with Crippen molar-refractivity contribution in [3.05, 3.63) is 76.8 Å². The maximum absolute atomic E-state index is 12.4. The quantitative estimate of drug-likeness (QED) is 0.520. The predicted molar refractivity (Wildman–Crippen MR) is 87.0 cm³/mol. The van der Waals surface area contributed by atoms with E-state index in [4.69, 9.17) is 11.6 Å². The van der Waals surface area contributed by atoms with Crippen LogP contribution in [0.25, 0.3) is 5.70 Å². The smallest absolute Gasteiger partial charge is 0.188 e. The molecule has 2 aromatic carbocycles. The van der Waals surface area contributed by atoms with E-state index in [2.05, 4.69) is 5.43 Å². The Morgan fingerprint density at radius 1 is 1.05 bits per heavy atom. The molecule has 1 N–H and O–H groups in total. The minimum absolute atomic E-state index is 0.0919. The zero-order valence-corrected chi connectivity index (χ0v) is 12.8. The van der Waals surface area contributed by atoms with Crippen molar-refractivity contribution in [1.82, 2.24) is 10.4 Å². The third-order valence-corrected chi connectivity index (χ3v) is 3.05. The summed E-state index contributed by atoms with van der Waals surface area (Å²) in [7, 11) is 3.75. The third-order valence-electron chi connectivity index (χ3n) is 2.81. The molecule has 0 aliphatic heterocycles. The maximum Gasteiger partial charge on any atom is 0.188 e. The highest BCUT2D eigenvalue weighted by atomic mass is 35.5. The van der Waals surface area contributed by atoms with Crippen LogP contribution in [0.3, 0.4) is 0 Å². The molecular formula is C17H17ClN2O. The second-order valence-corrected chi connectivity index (χ2v) is 5.24. The summed E-state index contributed by atoms with van der Waals surface area (Å²) in [6.45, 7) is 0. The highest BCUT2D eigenvalue weighted by Crippen LogP contribution is 2.15. The van der Waals surface area contributed by atoms with Crippen LogP contribution < -0.4 is 5.43 Å². The predicted octanol–water partition coefficient (Wildman–Crippen LogP) is 3.63. The minimum atomic E-state index is -0.0919. The van der Waals surface area contributed by atoms with Crippen LogP contribution in [-0.2, 0) is 0 Å².